The Morgan fingerprint density at radius 3 is 2.81 bits per heavy atom. The number of carbonyl (C=O) groups excluding carboxylic acids is 1. The lowest BCUT2D eigenvalue weighted by Gasteiger charge is -2.17. The molecule has 1 saturated heterocycles. The molecule has 1 heterocycles. The van der Waals surface area contributed by atoms with Gasteiger partial charge in [-0.1, -0.05) is 0 Å². The van der Waals surface area contributed by atoms with Crippen LogP contribution < -0.4 is 5.32 Å². The highest BCUT2D eigenvalue weighted by Crippen LogP contribution is 2.09. The van der Waals surface area contributed by atoms with E-state index in [1.54, 1.807) is 4.90 Å². The summed E-state index contributed by atoms with van der Waals surface area (Å²) in [7, 11) is 5.80. The van der Waals surface area contributed by atoms with Crippen LogP contribution in [0.15, 0.2) is 0 Å². The Morgan fingerprint density at radius 2 is 2.12 bits per heavy atom. The fourth-order valence-corrected chi connectivity index (χ4v) is 2.05. The Hall–Kier alpha value is -0.610. The maximum atomic E-state index is 11.4. The van der Waals surface area contributed by atoms with Crippen LogP contribution in [0.1, 0.15) is 25.7 Å². The van der Waals surface area contributed by atoms with Gasteiger partial charge in [-0.25, -0.2) is 0 Å². The highest BCUT2D eigenvalue weighted by atomic mass is 16.2. The van der Waals surface area contributed by atoms with E-state index in [2.05, 4.69) is 17.3 Å². The van der Waals surface area contributed by atoms with Gasteiger partial charge < -0.3 is 15.1 Å². The molecule has 4 heteroatoms. The summed E-state index contributed by atoms with van der Waals surface area (Å²) in [5.41, 5.74) is 0. The molecule has 0 aromatic rings. The third-order valence-corrected chi connectivity index (χ3v) is 3.22. The number of hydrogen-bond donors (Lipinski definition) is 1. The zero-order valence-electron chi connectivity index (χ0n) is 10.8. The van der Waals surface area contributed by atoms with Gasteiger partial charge in [-0.05, 0) is 39.4 Å². The van der Waals surface area contributed by atoms with Crippen LogP contribution in [0.5, 0.6) is 0 Å². The average Bonchev–Trinajstić information content (AvgIpc) is 2.43. The highest BCUT2D eigenvalue weighted by molar-refractivity contribution is 5.75. The zero-order valence-corrected chi connectivity index (χ0v) is 10.8. The van der Waals surface area contributed by atoms with Crippen LogP contribution in [0.25, 0.3) is 0 Å². The van der Waals surface area contributed by atoms with Crippen molar-refractivity contribution < 1.29 is 4.79 Å². The monoisotopic (exact) mass is 227 g/mol. The summed E-state index contributed by atoms with van der Waals surface area (Å²) in [4.78, 5) is 15.4. The minimum absolute atomic E-state index is 0.207. The molecule has 94 valence electrons. The van der Waals surface area contributed by atoms with Crippen molar-refractivity contribution in [2.75, 3.05) is 40.8 Å². The molecule has 1 amide bonds. The summed E-state index contributed by atoms with van der Waals surface area (Å²) in [6, 6.07) is 0.597. The lowest BCUT2D eigenvalue weighted by molar-refractivity contribution is -0.128. The number of nitrogens with zero attached hydrogens (tertiary/aromatic N) is 2. The van der Waals surface area contributed by atoms with E-state index in [1.165, 1.54) is 32.4 Å². The first kappa shape index (κ1) is 13.5. The summed E-state index contributed by atoms with van der Waals surface area (Å²) in [5.74, 6) is 0.207. The van der Waals surface area contributed by atoms with Gasteiger partial charge in [-0.3, -0.25) is 4.79 Å². The summed E-state index contributed by atoms with van der Waals surface area (Å²) < 4.78 is 0. The second-order valence-electron chi connectivity index (χ2n) is 4.92. The van der Waals surface area contributed by atoms with Gasteiger partial charge in [0.15, 0.2) is 0 Å². The predicted molar refractivity (Wildman–Crippen MR) is 66.4 cm³/mol. The van der Waals surface area contributed by atoms with E-state index >= 15 is 0 Å². The van der Waals surface area contributed by atoms with Gasteiger partial charge in [0, 0.05) is 33.1 Å². The maximum absolute atomic E-state index is 11.4. The van der Waals surface area contributed by atoms with Crippen molar-refractivity contribution in [3.8, 4) is 0 Å². The van der Waals surface area contributed by atoms with Gasteiger partial charge >= 0.3 is 0 Å². The second kappa shape index (κ2) is 6.86. The Bertz CT molecular complexity index is 218. The summed E-state index contributed by atoms with van der Waals surface area (Å²) in [6.07, 6.45) is 4.31. The zero-order chi connectivity index (χ0) is 12.0. The second-order valence-corrected chi connectivity index (χ2v) is 4.92. The molecule has 1 aliphatic rings. The van der Waals surface area contributed by atoms with Crippen LogP contribution in [-0.2, 0) is 4.79 Å². The molecule has 0 saturated carbocycles. The molecule has 1 rings (SSSR count). The SMILES string of the molecule is CN1CCCC(NCCC(=O)N(C)C)CC1. The van der Waals surface area contributed by atoms with Gasteiger partial charge in [-0.2, -0.15) is 0 Å². The van der Waals surface area contributed by atoms with E-state index < -0.39 is 0 Å². The number of amides is 1. The third-order valence-electron chi connectivity index (χ3n) is 3.22. The van der Waals surface area contributed by atoms with E-state index in [-0.39, 0.29) is 5.91 Å². The minimum Gasteiger partial charge on any atom is -0.349 e. The van der Waals surface area contributed by atoms with Crippen molar-refractivity contribution in [2.45, 2.75) is 31.7 Å². The normalized spacial score (nSPS) is 22.8. The molecule has 0 aromatic heterocycles. The first-order valence-electron chi connectivity index (χ1n) is 6.21. The van der Waals surface area contributed by atoms with E-state index in [4.69, 9.17) is 0 Å². The lowest BCUT2D eigenvalue weighted by Crippen LogP contribution is -2.34. The standard InChI is InChI=1S/C12H25N3O/c1-14(2)12(16)6-8-13-11-5-4-9-15(3)10-7-11/h11,13H,4-10H2,1-3H3. The molecule has 0 bridgehead atoms. The van der Waals surface area contributed by atoms with Crippen LogP contribution in [0.4, 0.5) is 0 Å². The Morgan fingerprint density at radius 1 is 1.38 bits per heavy atom. The molecular formula is C12H25N3O. The quantitative estimate of drug-likeness (QED) is 0.761. The number of likely N-dealkylation sites (tertiary alicyclic amines) is 1. The molecule has 0 aliphatic carbocycles. The molecule has 1 N–H and O–H groups in total. The van der Waals surface area contributed by atoms with Crippen molar-refractivity contribution >= 4 is 5.91 Å². The molecule has 4 nitrogen and oxygen atoms in total. The summed E-state index contributed by atoms with van der Waals surface area (Å²) >= 11 is 0. The number of nitrogens with one attached hydrogen (secondary N) is 1. The first-order chi connectivity index (χ1) is 7.59. The Balaban J connectivity index is 2.15. The van der Waals surface area contributed by atoms with Crippen LogP contribution in [0.3, 0.4) is 0 Å². The van der Waals surface area contributed by atoms with Crippen LogP contribution >= 0.6 is 0 Å². The molecule has 0 spiro atoms. The van der Waals surface area contributed by atoms with Crippen molar-refractivity contribution in [1.82, 2.24) is 15.1 Å². The van der Waals surface area contributed by atoms with Crippen LogP contribution in [-0.4, -0.2) is 62.5 Å². The van der Waals surface area contributed by atoms with E-state index in [0.717, 1.165) is 6.54 Å². The molecule has 0 aromatic carbocycles. The molecule has 1 unspecified atom stereocenters. The average molecular weight is 227 g/mol. The van der Waals surface area contributed by atoms with E-state index in [1.807, 2.05) is 14.1 Å². The molecule has 1 fully saturated rings. The fourth-order valence-electron chi connectivity index (χ4n) is 2.05. The summed E-state index contributed by atoms with van der Waals surface area (Å²) in [6.45, 7) is 3.18. The van der Waals surface area contributed by atoms with E-state index in [9.17, 15) is 4.79 Å². The minimum atomic E-state index is 0.207. The topological polar surface area (TPSA) is 35.6 Å². The van der Waals surface area contributed by atoms with Crippen LogP contribution in [0, 0.1) is 0 Å². The van der Waals surface area contributed by atoms with Crippen molar-refractivity contribution in [3.63, 3.8) is 0 Å². The molecular weight excluding hydrogens is 202 g/mol. The van der Waals surface area contributed by atoms with E-state index in [0.29, 0.717) is 12.5 Å². The number of rotatable bonds is 4. The maximum Gasteiger partial charge on any atom is 0.223 e. The van der Waals surface area contributed by atoms with Crippen molar-refractivity contribution in [2.24, 2.45) is 0 Å². The fraction of sp³-hybridized carbons (Fsp3) is 0.917. The van der Waals surface area contributed by atoms with Gasteiger partial charge in [0.1, 0.15) is 0 Å². The lowest BCUT2D eigenvalue weighted by atomic mass is 10.1. The predicted octanol–water partition coefficient (Wildman–Crippen LogP) is 0.539. The molecule has 1 atom stereocenters. The molecule has 16 heavy (non-hydrogen) atoms. The van der Waals surface area contributed by atoms with Gasteiger partial charge in [0.25, 0.3) is 0 Å². The van der Waals surface area contributed by atoms with Gasteiger partial charge in [-0.15, -0.1) is 0 Å². The van der Waals surface area contributed by atoms with Gasteiger partial charge in [0.2, 0.25) is 5.91 Å². The third kappa shape index (κ3) is 4.94. The van der Waals surface area contributed by atoms with Crippen molar-refractivity contribution in [1.29, 1.82) is 0 Å². The molecule has 0 radical (unpaired) electrons. The number of carbonyl (C=O) groups is 1. The van der Waals surface area contributed by atoms with Crippen LogP contribution in [0.2, 0.25) is 0 Å². The Labute approximate surface area is 99.0 Å². The highest BCUT2D eigenvalue weighted by Gasteiger charge is 2.14. The first-order valence-corrected chi connectivity index (χ1v) is 6.21. The molecule has 1 aliphatic heterocycles. The van der Waals surface area contributed by atoms with Crippen molar-refractivity contribution in [3.05, 3.63) is 0 Å². The summed E-state index contributed by atoms with van der Waals surface area (Å²) in [5, 5.41) is 3.49. The largest absolute Gasteiger partial charge is 0.349 e. The smallest absolute Gasteiger partial charge is 0.223 e. The number of hydrogen-bond acceptors (Lipinski definition) is 3. The van der Waals surface area contributed by atoms with Gasteiger partial charge in [0.05, 0.1) is 0 Å². The Kier molecular flexibility index (Phi) is 5.77.